The number of esters is 2. The van der Waals surface area contributed by atoms with E-state index in [2.05, 4.69) is 23.6 Å². The van der Waals surface area contributed by atoms with Crippen LogP contribution in [-0.2, 0) is 9.47 Å². The van der Waals surface area contributed by atoms with Gasteiger partial charge in [-0.3, -0.25) is 4.90 Å². The first-order chi connectivity index (χ1) is 22.1. The molecule has 0 amide bonds. The van der Waals surface area contributed by atoms with Crippen LogP contribution < -0.4 is 28.4 Å². The normalized spacial score (nSPS) is 14.7. The summed E-state index contributed by atoms with van der Waals surface area (Å²) >= 11 is 0. The van der Waals surface area contributed by atoms with Gasteiger partial charge in [-0.1, -0.05) is 0 Å². The van der Waals surface area contributed by atoms with E-state index < -0.39 is 11.9 Å². The smallest absolute Gasteiger partial charge is 0.338 e. The van der Waals surface area contributed by atoms with Crippen molar-refractivity contribution in [2.24, 2.45) is 0 Å². The lowest BCUT2D eigenvalue weighted by Gasteiger charge is -2.47. The summed E-state index contributed by atoms with van der Waals surface area (Å²) in [5.74, 6) is 1.64. The summed E-state index contributed by atoms with van der Waals surface area (Å²) in [4.78, 5) is 30.3. The molecule has 0 N–H and O–H groups in total. The van der Waals surface area contributed by atoms with Gasteiger partial charge in [0.25, 0.3) is 0 Å². The molecule has 1 heterocycles. The highest BCUT2D eigenvalue weighted by Gasteiger charge is 2.32. The fourth-order valence-corrected chi connectivity index (χ4v) is 5.63. The minimum Gasteiger partial charge on any atom is -0.493 e. The lowest BCUT2D eigenvalue weighted by molar-refractivity contribution is 0.0153. The van der Waals surface area contributed by atoms with Gasteiger partial charge >= 0.3 is 11.9 Å². The molecule has 2 aromatic rings. The molecule has 0 aliphatic carbocycles. The number of rotatable bonds is 18. The Balaban J connectivity index is 1.35. The Morgan fingerprint density at radius 2 is 1.02 bits per heavy atom. The van der Waals surface area contributed by atoms with Crippen molar-refractivity contribution in [3.8, 4) is 34.5 Å². The van der Waals surface area contributed by atoms with Crippen LogP contribution in [0.1, 0.15) is 60.2 Å². The van der Waals surface area contributed by atoms with E-state index in [1.807, 2.05) is 0 Å². The first-order valence-corrected chi connectivity index (χ1v) is 15.5. The van der Waals surface area contributed by atoms with Crippen LogP contribution in [0.15, 0.2) is 24.3 Å². The number of methoxy groups -OCH3 is 6. The van der Waals surface area contributed by atoms with E-state index in [1.54, 1.807) is 24.3 Å². The Labute approximate surface area is 272 Å². The molecule has 0 spiro atoms. The van der Waals surface area contributed by atoms with Crippen LogP contribution in [0.5, 0.6) is 34.5 Å². The molecule has 0 radical (unpaired) electrons. The first kappa shape index (κ1) is 36.6. The van der Waals surface area contributed by atoms with Crippen molar-refractivity contribution in [3.05, 3.63) is 35.4 Å². The van der Waals surface area contributed by atoms with E-state index in [0.717, 1.165) is 58.4 Å². The average molecular weight is 647 g/mol. The maximum atomic E-state index is 12.7. The summed E-state index contributed by atoms with van der Waals surface area (Å²) in [6.07, 6.45) is 3.38. The van der Waals surface area contributed by atoms with Crippen LogP contribution in [0.25, 0.3) is 0 Å². The second-order valence-electron chi connectivity index (χ2n) is 11.6. The summed E-state index contributed by atoms with van der Waals surface area (Å²) in [6, 6.07) is 6.37. The fourth-order valence-electron chi connectivity index (χ4n) is 5.63. The minimum absolute atomic E-state index is 0.0179. The van der Waals surface area contributed by atoms with E-state index >= 15 is 0 Å². The molecule has 1 aliphatic rings. The van der Waals surface area contributed by atoms with Gasteiger partial charge in [-0.15, -0.1) is 0 Å². The molecule has 46 heavy (non-hydrogen) atoms. The topological polar surface area (TPSA) is 114 Å². The zero-order valence-electron chi connectivity index (χ0n) is 28.6. The van der Waals surface area contributed by atoms with Crippen LogP contribution in [0.3, 0.4) is 0 Å². The number of piperazine rings is 1. The van der Waals surface area contributed by atoms with Crippen molar-refractivity contribution >= 4 is 11.9 Å². The molecule has 0 atom stereocenters. The van der Waals surface area contributed by atoms with Crippen molar-refractivity contribution in [1.82, 2.24) is 9.80 Å². The molecule has 12 nitrogen and oxygen atoms in total. The standard InChI is InChI=1S/C34H50N2O10/c1-34(2)23-35(13-9-11-17-45-32(37)24-19-26(39-3)30(43-7)27(20-24)40-4)15-16-36(34)14-10-12-18-46-33(38)25-21-28(41-5)31(44-8)29(22-25)42-6/h19-22H,9-18,23H2,1-8H3. The van der Waals surface area contributed by atoms with Crippen LogP contribution in [-0.4, -0.2) is 116 Å². The first-order valence-electron chi connectivity index (χ1n) is 15.5. The Morgan fingerprint density at radius 1 is 0.609 bits per heavy atom. The van der Waals surface area contributed by atoms with E-state index in [0.29, 0.717) is 58.8 Å². The van der Waals surface area contributed by atoms with Gasteiger partial charge in [0.1, 0.15) is 0 Å². The molecule has 3 rings (SSSR count). The average Bonchev–Trinajstić information content (AvgIpc) is 3.06. The SMILES string of the molecule is COc1cc(C(=O)OCCCCN2CCN(CCCCOC(=O)c3cc(OC)c(OC)c(OC)c3)C(C)(C)C2)cc(OC)c1OC. The predicted molar refractivity (Wildman–Crippen MR) is 173 cm³/mol. The molecule has 2 aromatic carbocycles. The molecule has 1 fully saturated rings. The minimum atomic E-state index is -0.427. The van der Waals surface area contributed by atoms with E-state index in [4.69, 9.17) is 37.9 Å². The zero-order valence-corrected chi connectivity index (χ0v) is 28.6. The number of hydrogen-bond donors (Lipinski definition) is 0. The molecule has 0 unspecified atom stereocenters. The van der Waals surface area contributed by atoms with Crippen LogP contribution >= 0.6 is 0 Å². The molecular formula is C34H50N2O10. The summed E-state index contributed by atoms with van der Waals surface area (Å²) in [7, 11) is 9.07. The number of hydrogen-bond acceptors (Lipinski definition) is 12. The predicted octanol–water partition coefficient (Wildman–Crippen LogP) is 4.71. The van der Waals surface area contributed by atoms with Crippen molar-refractivity contribution < 1.29 is 47.5 Å². The summed E-state index contributed by atoms with van der Waals surface area (Å²) in [5, 5.41) is 0. The van der Waals surface area contributed by atoms with Gasteiger partial charge in [-0.05, 0) is 76.9 Å². The Morgan fingerprint density at radius 3 is 1.39 bits per heavy atom. The van der Waals surface area contributed by atoms with Gasteiger partial charge in [-0.25, -0.2) is 9.59 Å². The van der Waals surface area contributed by atoms with Gasteiger partial charge in [0.2, 0.25) is 11.5 Å². The molecule has 0 saturated carbocycles. The monoisotopic (exact) mass is 646 g/mol. The molecule has 0 bridgehead atoms. The highest BCUT2D eigenvalue weighted by atomic mass is 16.5. The number of carbonyl (C=O) groups excluding carboxylic acids is 2. The van der Waals surface area contributed by atoms with E-state index in [9.17, 15) is 9.59 Å². The van der Waals surface area contributed by atoms with Crippen LogP contribution in [0.4, 0.5) is 0 Å². The third kappa shape index (κ3) is 9.56. The number of benzene rings is 2. The number of nitrogens with zero attached hydrogens (tertiary/aromatic N) is 2. The maximum absolute atomic E-state index is 12.7. The van der Waals surface area contributed by atoms with Gasteiger partial charge in [0.15, 0.2) is 23.0 Å². The Kier molecular flexibility index (Phi) is 14.1. The van der Waals surface area contributed by atoms with Gasteiger partial charge < -0.3 is 42.8 Å². The highest BCUT2D eigenvalue weighted by Crippen LogP contribution is 2.39. The second-order valence-corrected chi connectivity index (χ2v) is 11.6. The van der Waals surface area contributed by atoms with Gasteiger partial charge in [0, 0.05) is 25.2 Å². The number of carbonyl (C=O) groups is 2. The highest BCUT2D eigenvalue weighted by molar-refractivity contribution is 5.91. The molecule has 12 heteroatoms. The number of ether oxygens (including phenoxy) is 8. The quantitative estimate of drug-likeness (QED) is 0.165. The third-order valence-electron chi connectivity index (χ3n) is 8.11. The zero-order chi connectivity index (χ0) is 33.7. The summed E-state index contributed by atoms with van der Waals surface area (Å²) in [6.45, 7) is 9.97. The molecule has 0 aromatic heterocycles. The van der Waals surface area contributed by atoms with Crippen molar-refractivity contribution in [1.29, 1.82) is 0 Å². The number of unbranched alkanes of at least 4 members (excludes halogenated alkanes) is 2. The Bertz CT molecular complexity index is 1250. The van der Waals surface area contributed by atoms with E-state index in [1.165, 1.54) is 42.7 Å². The van der Waals surface area contributed by atoms with Crippen LogP contribution in [0, 0.1) is 0 Å². The lowest BCUT2D eigenvalue weighted by Crippen LogP contribution is -2.59. The van der Waals surface area contributed by atoms with Crippen molar-refractivity contribution in [2.45, 2.75) is 45.1 Å². The van der Waals surface area contributed by atoms with E-state index in [-0.39, 0.29) is 5.54 Å². The molecule has 256 valence electrons. The summed E-state index contributed by atoms with van der Waals surface area (Å²) < 4.78 is 43.0. The molecule has 1 saturated heterocycles. The Hall–Kier alpha value is -3.90. The van der Waals surface area contributed by atoms with Crippen molar-refractivity contribution in [3.63, 3.8) is 0 Å². The van der Waals surface area contributed by atoms with Gasteiger partial charge in [-0.2, -0.15) is 0 Å². The van der Waals surface area contributed by atoms with Gasteiger partial charge in [0.05, 0.1) is 67.0 Å². The summed E-state index contributed by atoms with van der Waals surface area (Å²) in [5.41, 5.74) is 0.719. The fraction of sp³-hybridized carbons (Fsp3) is 0.588. The lowest BCUT2D eigenvalue weighted by atomic mass is 9.98. The maximum Gasteiger partial charge on any atom is 0.338 e. The second kappa shape index (κ2) is 17.7. The largest absolute Gasteiger partial charge is 0.493 e. The van der Waals surface area contributed by atoms with Crippen molar-refractivity contribution in [2.75, 3.05) is 88.6 Å². The molecular weight excluding hydrogens is 596 g/mol. The third-order valence-corrected chi connectivity index (χ3v) is 8.11. The van der Waals surface area contributed by atoms with Crippen LogP contribution in [0.2, 0.25) is 0 Å². The molecule has 1 aliphatic heterocycles.